The van der Waals surface area contributed by atoms with Gasteiger partial charge in [-0.3, -0.25) is 5.43 Å². The zero-order valence-electron chi connectivity index (χ0n) is 15.9. The maximum atomic E-state index is 10.1. The molecule has 4 aromatic rings. The van der Waals surface area contributed by atoms with Crippen molar-refractivity contribution in [2.75, 3.05) is 5.43 Å². The molecule has 0 radical (unpaired) electrons. The van der Waals surface area contributed by atoms with Crippen molar-refractivity contribution < 1.29 is 5.11 Å². The van der Waals surface area contributed by atoms with Gasteiger partial charge in [0.1, 0.15) is 5.75 Å². The van der Waals surface area contributed by atoms with E-state index in [0.717, 1.165) is 21.3 Å². The Labute approximate surface area is 197 Å². The molecule has 0 aliphatic rings. The van der Waals surface area contributed by atoms with Crippen molar-refractivity contribution in [3.63, 3.8) is 0 Å². The van der Waals surface area contributed by atoms with Gasteiger partial charge >= 0.3 is 0 Å². The van der Waals surface area contributed by atoms with E-state index in [0.29, 0.717) is 22.2 Å². The van der Waals surface area contributed by atoms with Crippen LogP contribution in [0, 0.1) is 0 Å². The van der Waals surface area contributed by atoms with Crippen LogP contribution in [-0.4, -0.2) is 21.3 Å². The van der Waals surface area contributed by atoms with Crippen molar-refractivity contribution in [1.82, 2.24) is 9.97 Å². The molecule has 0 amide bonds. The van der Waals surface area contributed by atoms with Gasteiger partial charge in [0.2, 0.25) is 0 Å². The minimum atomic E-state index is -0.0974. The molecule has 1 heterocycles. The van der Waals surface area contributed by atoms with Crippen molar-refractivity contribution in [3.05, 3.63) is 92.9 Å². The Morgan fingerprint density at radius 3 is 2.39 bits per heavy atom. The van der Waals surface area contributed by atoms with Gasteiger partial charge in [-0.25, -0.2) is 9.97 Å². The van der Waals surface area contributed by atoms with Gasteiger partial charge in [0.15, 0.2) is 11.6 Å². The molecular formula is C23H15BrCl2N4O. The number of anilines is 1. The summed E-state index contributed by atoms with van der Waals surface area (Å²) in [7, 11) is 0. The molecule has 31 heavy (non-hydrogen) atoms. The average Bonchev–Trinajstić information content (AvgIpc) is 2.78. The first kappa shape index (κ1) is 21.3. The molecule has 2 N–H and O–H groups in total. The quantitative estimate of drug-likeness (QED) is 0.222. The number of nitrogens with one attached hydrogen (secondary N) is 1. The fourth-order valence-electron chi connectivity index (χ4n) is 2.84. The largest absolute Gasteiger partial charge is 0.506 e. The molecule has 0 atom stereocenters. The summed E-state index contributed by atoms with van der Waals surface area (Å²) in [4.78, 5) is 9.30. The fourth-order valence-corrected chi connectivity index (χ4v) is 3.62. The first-order chi connectivity index (χ1) is 15.0. The Morgan fingerprint density at radius 2 is 1.65 bits per heavy atom. The van der Waals surface area contributed by atoms with Crippen LogP contribution in [0.15, 0.2) is 82.4 Å². The molecule has 0 unspecified atom stereocenters. The van der Waals surface area contributed by atoms with Crippen molar-refractivity contribution in [1.29, 1.82) is 0 Å². The molecule has 1 aromatic heterocycles. The van der Waals surface area contributed by atoms with E-state index in [9.17, 15) is 5.11 Å². The zero-order valence-corrected chi connectivity index (χ0v) is 19.0. The molecule has 154 valence electrons. The Bertz CT molecular complexity index is 1250. The molecule has 0 aliphatic heterocycles. The van der Waals surface area contributed by atoms with E-state index in [-0.39, 0.29) is 10.8 Å². The Kier molecular flexibility index (Phi) is 6.51. The normalized spacial score (nSPS) is 11.1. The van der Waals surface area contributed by atoms with Crippen LogP contribution in [-0.2, 0) is 0 Å². The predicted octanol–water partition coefficient (Wildman–Crippen LogP) is 7.03. The van der Waals surface area contributed by atoms with Crippen molar-refractivity contribution >= 4 is 51.2 Å². The summed E-state index contributed by atoms with van der Waals surface area (Å²) < 4.78 is 0.971. The molecule has 0 aliphatic carbocycles. The lowest BCUT2D eigenvalue weighted by Crippen LogP contribution is -1.99. The van der Waals surface area contributed by atoms with Crippen molar-refractivity contribution in [2.45, 2.75) is 0 Å². The highest BCUT2D eigenvalue weighted by atomic mass is 79.9. The summed E-state index contributed by atoms with van der Waals surface area (Å²) in [6.07, 6.45) is 1.43. The SMILES string of the molecule is Oc1c(Cl)cc(Cl)cc1C=NNc1cc(-c2ccccc2)nc(-c2ccc(Br)cc2)n1. The Hall–Kier alpha value is -2.93. The third-order valence-corrected chi connectivity index (χ3v) is 5.37. The number of hydrazone groups is 1. The number of phenolic OH excluding ortho intramolecular Hbond substituents is 1. The van der Waals surface area contributed by atoms with Gasteiger partial charge in [-0.1, -0.05) is 81.6 Å². The highest BCUT2D eigenvalue weighted by Crippen LogP contribution is 2.30. The number of aromatic nitrogens is 2. The van der Waals surface area contributed by atoms with Crippen LogP contribution in [0.1, 0.15) is 5.56 Å². The molecule has 0 bridgehead atoms. The van der Waals surface area contributed by atoms with Crippen LogP contribution >= 0.6 is 39.1 Å². The maximum Gasteiger partial charge on any atom is 0.162 e. The minimum absolute atomic E-state index is 0.0974. The van der Waals surface area contributed by atoms with Crippen LogP contribution in [0.4, 0.5) is 5.82 Å². The highest BCUT2D eigenvalue weighted by molar-refractivity contribution is 9.10. The second-order valence-corrected chi connectivity index (χ2v) is 8.29. The van der Waals surface area contributed by atoms with E-state index in [1.54, 1.807) is 12.1 Å². The van der Waals surface area contributed by atoms with Gasteiger partial charge in [0, 0.05) is 32.3 Å². The standard InChI is InChI=1S/C23H15BrCl2N4O/c24-17-8-6-15(7-9-17)23-28-20(14-4-2-1-3-5-14)12-21(29-23)30-27-13-16-10-18(25)11-19(26)22(16)31/h1-13,31H,(H,28,29,30). The second-order valence-electron chi connectivity index (χ2n) is 6.53. The average molecular weight is 514 g/mol. The summed E-state index contributed by atoms with van der Waals surface area (Å²) in [6, 6.07) is 22.4. The lowest BCUT2D eigenvalue weighted by molar-refractivity contribution is 0.475. The van der Waals surface area contributed by atoms with Crippen LogP contribution < -0.4 is 5.43 Å². The second kappa shape index (κ2) is 9.47. The molecule has 4 rings (SSSR count). The summed E-state index contributed by atoms with van der Waals surface area (Å²) in [6.45, 7) is 0. The monoisotopic (exact) mass is 512 g/mol. The molecule has 0 saturated heterocycles. The van der Waals surface area contributed by atoms with E-state index >= 15 is 0 Å². The number of hydrogen-bond acceptors (Lipinski definition) is 5. The van der Waals surface area contributed by atoms with Gasteiger partial charge in [-0.05, 0) is 24.3 Å². The van der Waals surface area contributed by atoms with E-state index in [4.69, 9.17) is 28.2 Å². The summed E-state index contributed by atoms with van der Waals surface area (Å²) in [5, 5.41) is 14.8. The number of phenols is 1. The molecule has 0 saturated carbocycles. The first-order valence-corrected chi connectivity index (χ1v) is 10.7. The van der Waals surface area contributed by atoms with E-state index in [2.05, 4.69) is 31.4 Å². The Balaban J connectivity index is 1.70. The summed E-state index contributed by atoms with van der Waals surface area (Å²) >= 11 is 15.4. The van der Waals surface area contributed by atoms with E-state index < -0.39 is 0 Å². The highest BCUT2D eigenvalue weighted by Gasteiger charge is 2.09. The van der Waals surface area contributed by atoms with Gasteiger partial charge < -0.3 is 5.11 Å². The topological polar surface area (TPSA) is 70.4 Å². The molecule has 0 spiro atoms. The number of hydrogen-bond donors (Lipinski definition) is 2. The van der Waals surface area contributed by atoms with Crippen molar-refractivity contribution in [2.24, 2.45) is 5.10 Å². The minimum Gasteiger partial charge on any atom is -0.506 e. The lowest BCUT2D eigenvalue weighted by Gasteiger charge is -2.09. The van der Waals surface area contributed by atoms with Crippen LogP contribution in [0.25, 0.3) is 22.6 Å². The number of halogens is 3. The molecular weight excluding hydrogens is 499 g/mol. The zero-order chi connectivity index (χ0) is 21.8. The third kappa shape index (κ3) is 5.22. The van der Waals surface area contributed by atoms with Gasteiger partial charge in [-0.2, -0.15) is 5.10 Å². The van der Waals surface area contributed by atoms with E-state index in [1.165, 1.54) is 12.3 Å². The predicted molar refractivity (Wildman–Crippen MR) is 130 cm³/mol. The fraction of sp³-hybridized carbons (Fsp3) is 0. The third-order valence-electron chi connectivity index (χ3n) is 4.34. The molecule has 0 fully saturated rings. The number of nitrogens with zero attached hydrogens (tertiary/aromatic N) is 3. The van der Waals surface area contributed by atoms with E-state index in [1.807, 2.05) is 54.6 Å². The van der Waals surface area contributed by atoms with Gasteiger partial charge in [0.25, 0.3) is 0 Å². The van der Waals surface area contributed by atoms with Gasteiger partial charge in [-0.15, -0.1) is 0 Å². The summed E-state index contributed by atoms with van der Waals surface area (Å²) in [5.74, 6) is 0.954. The number of aromatic hydroxyl groups is 1. The van der Waals surface area contributed by atoms with Crippen LogP contribution in [0.3, 0.4) is 0 Å². The summed E-state index contributed by atoms with van der Waals surface area (Å²) in [5.41, 5.74) is 5.86. The van der Waals surface area contributed by atoms with Crippen molar-refractivity contribution in [3.8, 4) is 28.4 Å². The number of rotatable bonds is 5. The van der Waals surface area contributed by atoms with Crippen LogP contribution in [0.5, 0.6) is 5.75 Å². The van der Waals surface area contributed by atoms with Crippen LogP contribution in [0.2, 0.25) is 10.0 Å². The number of benzene rings is 3. The molecule has 5 nitrogen and oxygen atoms in total. The molecule has 8 heteroatoms. The molecule has 3 aromatic carbocycles. The smallest absolute Gasteiger partial charge is 0.162 e. The maximum absolute atomic E-state index is 10.1. The Morgan fingerprint density at radius 1 is 0.903 bits per heavy atom. The van der Waals surface area contributed by atoms with Gasteiger partial charge in [0.05, 0.1) is 16.9 Å². The first-order valence-electron chi connectivity index (χ1n) is 9.17. The lowest BCUT2D eigenvalue weighted by atomic mass is 10.1.